The molecular formula is C16H14ClNO4. The Morgan fingerprint density at radius 1 is 1.36 bits per heavy atom. The molecular weight excluding hydrogens is 306 g/mol. The monoisotopic (exact) mass is 319 g/mol. The van der Waals surface area contributed by atoms with Gasteiger partial charge in [-0.05, 0) is 18.6 Å². The molecule has 0 saturated heterocycles. The van der Waals surface area contributed by atoms with Crippen LogP contribution < -0.4 is 0 Å². The zero-order valence-corrected chi connectivity index (χ0v) is 12.6. The Morgan fingerprint density at radius 3 is 2.64 bits per heavy atom. The van der Waals surface area contributed by atoms with E-state index in [4.69, 9.17) is 11.6 Å². The molecule has 0 atom stereocenters. The average molecular weight is 320 g/mol. The van der Waals surface area contributed by atoms with E-state index < -0.39 is 12.4 Å². The lowest BCUT2D eigenvalue weighted by Gasteiger charge is -2.12. The molecule has 2 rings (SSSR count). The molecule has 0 aliphatic carbocycles. The second-order valence-electron chi connectivity index (χ2n) is 4.54. The Hall–Kier alpha value is -2.40. The number of halogens is 1. The standard InChI is InChI=1S/C16H14ClNO4/c1-2-12-15(10-3-5-11(17)6-4-10)18-7-13(16(12)21)14(20)8-22-9-19/h3-7,9H,2,8H2,1H3,(H,18,21). The molecule has 0 amide bonds. The largest absolute Gasteiger partial charge is 0.507 e. The molecule has 1 N–H and O–H groups in total. The lowest BCUT2D eigenvalue weighted by molar-refractivity contribution is -0.127. The second-order valence-corrected chi connectivity index (χ2v) is 4.97. The number of hydrogen-bond donors (Lipinski definition) is 1. The van der Waals surface area contributed by atoms with Crippen LogP contribution >= 0.6 is 11.6 Å². The number of ketones is 1. The minimum absolute atomic E-state index is 0.0383. The second kappa shape index (κ2) is 7.04. The highest BCUT2D eigenvalue weighted by Gasteiger charge is 2.19. The summed E-state index contributed by atoms with van der Waals surface area (Å²) in [6, 6.07) is 7.04. The van der Waals surface area contributed by atoms with E-state index in [9.17, 15) is 14.7 Å². The third kappa shape index (κ3) is 3.26. The van der Waals surface area contributed by atoms with Crippen molar-refractivity contribution >= 4 is 23.9 Å². The number of carbonyl (C=O) groups is 2. The zero-order valence-electron chi connectivity index (χ0n) is 11.9. The minimum atomic E-state index is -0.505. The number of nitrogens with zero attached hydrogens (tertiary/aromatic N) is 1. The first kappa shape index (κ1) is 16.0. The van der Waals surface area contributed by atoms with E-state index in [2.05, 4.69) is 9.72 Å². The molecule has 0 saturated carbocycles. The Morgan fingerprint density at radius 2 is 2.05 bits per heavy atom. The topological polar surface area (TPSA) is 76.5 Å². The van der Waals surface area contributed by atoms with E-state index in [0.717, 1.165) is 5.56 Å². The lowest BCUT2D eigenvalue weighted by Crippen LogP contribution is -2.10. The lowest BCUT2D eigenvalue weighted by atomic mass is 9.99. The van der Waals surface area contributed by atoms with Gasteiger partial charge in [0.2, 0.25) is 5.78 Å². The van der Waals surface area contributed by atoms with Crippen molar-refractivity contribution in [2.45, 2.75) is 13.3 Å². The van der Waals surface area contributed by atoms with E-state index >= 15 is 0 Å². The fraction of sp³-hybridized carbons (Fsp3) is 0.188. The number of pyridine rings is 1. The van der Waals surface area contributed by atoms with Gasteiger partial charge in [-0.25, -0.2) is 0 Å². The molecule has 5 nitrogen and oxygen atoms in total. The molecule has 6 heteroatoms. The van der Waals surface area contributed by atoms with Crippen LogP contribution in [0.2, 0.25) is 5.02 Å². The maximum atomic E-state index is 11.9. The SMILES string of the molecule is CCc1c(-c2ccc(Cl)cc2)ncc(C(=O)COC=O)c1O. The molecule has 0 fully saturated rings. The van der Waals surface area contributed by atoms with E-state index in [1.807, 2.05) is 6.92 Å². The van der Waals surface area contributed by atoms with Crippen molar-refractivity contribution < 1.29 is 19.4 Å². The molecule has 22 heavy (non-hydrogen) atoms. The summed E-state index contributed by atoms with van der Waals surface area (Å²) in [6.07, 6.45) is 1.78. The van der Waals surface area contributed by atoms with E-state index in [1.54, 1.807) is 24.3 Å². The smallest absolute Gasteiger partial charge is 0.293 e. The Labute approximate surface area is 132 Å². The van der Waals surface area contributed by atoms with E-state index in [-0.39, 0.29) is 17.8 Å². The maximum absolute atomic E-state index is 11.9. The summed E-state index contributed by atoms with van der Waals surface area (Å²) in [4.78, 5) is 26.3. The van der Waals surface area contributed by atoms with Gasteiger partial charge in [0.1, 0.15) is 5.75 Å². The molecule has 0 unspecified atom stereocenters. The first-order valence-corrected chi connectivity index (χ1v) is 7.01. The number of carbonyl (C=O) groups excluding carboxylic acids is 2. The molecule has 1 aromatic heterocycles. The van der Waals surface area contributed by atoms with Crippen LogP contribution in [0.25, 0.3) is 11.3 Å². The van der Waals surface area contributed by atoms with Gasteiger partial charge in [0, 0.05) is 22.3 Å². The first-order chi connectivity index (χ1) is 10.6. The van der Waals surface area contributed by atoms with Gasteiger partial charge in [-0.2, -0.15) is 0 Å². The third-order valence-electron chi connectivity index (χ3n) is 3.20. The highest BCUT2D eigenvalue weighted by molar-refractivity contribution is 6.30. The summed E-state index contributed by atoms with van der Waals surface area (Å²) in [7, 11) is 0. The van der Waals surface area contributed by atoms with Gasteiger partial charge in [-0.1, -0.05) is 30.7 Å². The molecule has 114 valence electrons. The first-order valence-electron chi connectivity index (χ1n) is 6.63. The van der Waals surface area contributed by atoms with Gasteiger partial charge >= 0.3 is 0 Å². The number of benzene rings is 1. The highest BCUT2D eigenvalue weighted by atomic mass is 35.5. The Kier molecular flexibility index (Phi) is 5.12. The summed E-state index contributed by atoms with van der Waals surface area (Å²) >= 11 is 5.86. The maximum Gasteiger partial charge on any atom is 0.293 e. The van der Waals surface area contributed by atoms with Crippen LogP contribution in [0.5, 0.6) is 5.75 Å². The summed E-state index contributed by atoms with van der Waals surface area (Å²) in [5.74, 6) is -0.642. The molecule has 0 aliphatic rings. The van der Waals surface area contributed by atoms with Gasteiger partial charge < -0.3 is 9.84 Å². The quantitative estimate of drug-likeness (QED) is 0.654. The van der Waals surface area contributed by atoms with Crippen LogP contribution in [-0.2, 0) is 16.0 Å². The number of ether oxygens (including phenoxy) is 1. The summed E-state index contributed by atoms with van der Waals surface area (Å²) < 4.78 is 4.42. The van der Waals surface area contributed by atoms with Gasteiger partial charge in [0.25, 0.3) is 6.47 Å². The van der Waals surface area contributed by atoms with E-state index in [0.29, 0.717) is 22.7 Å². The molecule has 2 aromatic rings. The molecule has 0 radical (unpaired) electrons. The van der Waals surface area contributed by atoms with Crippen LogP contribution in [-0.4, -0.2) is 29.0 Å². The Bertz CT molecular complexity index is 698. The van der Waals surface area contributed by atoms with Crippen molar-refractivity contribution in [2.24, 2.45) is 0 Å². The van der Waals surface area contributed by atoms with Gasteiger partial charge in [-0.3, -0.25) is 14.6 Å². The molecule has 1 aromatic carbocycles. The molecule has 1 heterocycles. The molecule has 0 bridgehead atoms. The van der Waals surface area contributed by atoms with Crippen molar-refractivity contribution in [3.05, 3.63) is 46.6 Å². The van der Waals surface area contributed by atoms with Gasteiger partial charge in [-0.15, -0.1) is 0 Å². The number of rotatable bonds is 6. The number of aromatic hydroxyl groups is 1. The van der Waals surface area contributed by atoms with Gasteiger partial charge in [0.05, 0.1) is 11.3 Å². The normalized spacial score (nSPS) is 10.3. The predicted molar refractivity (Wildman–Crippen MR) is 82.1 cm³/mol. The number of aromatic nitrogens is 1. The van der Waals surface area contributed by atoms with Crippen LogP contribution in [0, 0.1) is 0 Å². The number of hydrogen-bond acceptors (Lipinski definition) is 5. The molecule has 0 aliphatic heterocycles. The fourth-order valence-electron chi connectivity index (χ4n) is 2.13. The van der Waals surface area contributed by atoms with Crippen molar-refractivity contribution in [2.75, 3.05) is 6.61 Å². The van der Waals surface area contributed by atoms with Crippen LogP contribution in [0.1, 0.15) is 22.8 Å². The Balaban J connectivity index is 2.46. The predicted octanol–water partition coefficient (Wildman–Crippen LogP) is 3.03. The number of Topliss-reactive ketones (excluding diaryl/α,β-unsaturated/α-hetero) is 1. The summed E-state index contributed by atoms with van der Waals surface area (Å²) in [6.45, 7) is 1.61. The summed E-state index contributed by atoms with van der Waals surface area (Å²) in [5.41, 5.74) is 1.97. The van der Waals surface area contributed by atoms with Gasteiger partial charge in [0.15, 0.2) is 6.61 Å². The van der Waals surface area contributed by atoms with E-state index in [1.165, 1.54) is 6.20 Å². The zero-order chi connectivity index (χ0) is 16.1. The van der Waals surface area contributed by atoms with Crippen LogP contribution in [0.15, 0.2) is 30.5 Å². The molecule has 0 spiro atoms. The fourth-order valence-corrected chi connectivity index (χ4v) is 2.25. The van der Waals surface area contributed by atoms with Crippen LogP contribution in [0.4, 0.5) is 0 Å². The van der Waals surface area contributed by atoms with Crippen molar-refractivity contribution in [1.82, 2.24) is 4.98 Å². The highest BCUT2D eigenvalue weighted by Crippen LogP contribution is 2.32. The summed E-state index contributed by atoms with van der Waals surface area (Å²) in [5, 5.41) is 10.9. The average Bonchev–Trinajstić information content (AvgIpc) is 2.53. The van der Waals surface area contributed by atoms with Crippen molar-refractivity contribution in [1.29, 1.82) is 0 Å². The van der Waals surface area contributed by atoms with Crippen LogP contribution in [0.3, 0.4) is 0 Å². The minimum Gasteiger partial charge on any atom is -0.507 e. The third-order valence-corrected chi connectivity index (χ3v) is 3.46. The van der Waals surface area contributed by atoms with Crippen molar-refractivity contribution in [3.8, 4) is 17.0 Å². The van der Waals surface area contributed by atoms with Crippen molar-refractivity contribution in [3.63, 3.8) is 0 Å².